The van der Waals surface area contributed by atoms with Gasteiger partial charge < -0.3 is 10.3 Å². The predicted molar refractivity (Wildman–Crippen MR) is 82.5 cm³/mol. The zero-order valence-corrected chi connectivity index (χ0v) is 11.9. The second-order valence-corrected chi connectivity index (χ2v) is 4.97. The van der Waals surface area contributed by atoms with Crippen LogP contribution in [0.2, 0.25) is 0 Å². The number of aromatic nitrogens is 4. The van der Waals surface area contributed by atoms with Crippen molar-refractivity contribution in [2.75, 3.05) is 5.73 Å². The van der Waals surface area contributed by atoms with E-state index >= 15 is 0 Å². The summed E-state index contributed by atoms with van der Waals surface area (Å²) in [5.74, 6) is 6.76. The van der Waals surface area contributed by atoms with Gasteiger partial charge in [-0.2, -0.15) is 0 Å². The highest BCUT2D eigenvalue weighted by atomic mass is 15.1. The van der Waals surface area contributed by atoms with Gasteiger partial charge >= 0.3 is 0 Å². The minimum atomic E-state index is 0.249. The zero-order valence-electron chi connectivity index (χ0n) is 11.9. The number of benzene rings is 1. The molecule has 5 heteroatoms. The van der Waals surface area contributed by atoms with Crippen LogP contribution in [-0.4, -0.2) is 19.5 Å². The van der Waals surface area contributed by atoms with Crippen LogP contribution in [0.5, 0.6) is 0 Å². The minimum absolute atomic E-state index is 0.249. The van der Waals surface area contributed by atoms with Crippen LogP contribution >= 0.6 is 0 Å². The van der Waals surface area contributed by atoms with E-state index < -0.39 is 0 Å². The lowest BCUT2D eigenvalue weighted by Crippen LogP contribution is -2.03. The fraction of sp³-hybridized carbons (Fsp3) is 0.188. The summed E-state index contributed by atoms with van der Waals surface area (Å²) in [5, 5.41) is 0. The molecule has 2 heterocycles. The van der Waals surface area contributed by atoms with Gasteiger partial charge in [0.25, 0.3) is 0 Å². The Hall–Kier alpha value is -2.87. The maximum Gasteiger partial charge on any atom is 0.209 e. The molecule has 0 bridgehead atoms. The van der Waals surface area contributed by atoms with E-state index in [-0.39, 0.29) is 6.04 Å². The van der Waals surface area contributed by atoms with Crippen molar-refractivity contribution in [3.05, 3.63) is 48.0 Å². The Morgan fingerprint density at radius 2 is 1.86 bits per heavy atom. The molecule has 0 fully saturated rings. The maximum absolute atomic E-state index is 5.94. The average molecular weight is 277 g/mol. The molecule has 0 saturated carbocycles. The standard InChI is InChI=1S/C16H15N5/c1-11(2)21-10-18-14-15(17)19-13(20-16(14)21)9-8-12-6-4-3-5-7-12/h3-7,10-11H,1-2H3,(H2,17,19,20). The van der Waals surface area contributed by atoms with Gasteiger partial charge in [-0.15, -0.1) is 0 Å². The first-order valence-electron chi connectivity index (χ1n) is 6.72. The van der Waals surface area contributed by atoms with Crippen LogP contribution in [0.1, 0.15) is 31.3 Å². The van der Waals surface area contributed by atoms with Crippen LogP contribution in [0.15, 0.2) is 36.7 Å². The number of imidazole rings is 1. The molecule has 0 aliphatic carbocycles. The third-order valence-electron chi connectivity index (χ3n) is 3.10. The lowest BCUT2D eigenvalue weighted by atomic mass is 10.2. The lowest BCUT2D eigenvalue weighted by Gasteiger charge is -2.06. The molecule has 104 valence electrons. The number of anilines is 1. The fourth-order valence-electron chi connectivity index (χ4n) is 2.02. The van der Waals surface area contributed by atoms with Gasteiger partial charge in [0, 0.05) is 11.6 Å². The smallest absolute Gasteiger partial charge is 0.209 e. The summed E-state index contributed by atoms with van der Waals surface area (Å²) in [5.41, 5.74) is 8.20. The molecule has 0 radical (unpaired) electrons. The molecule has 3 aromatic rings. The largest absolute Gasteiger partial charge is 0.382 e. The first-order valence-corrected chi connectivity index (χ1v) is 6.72. The molecular weight excluding hydrogens is 262 g/mol. The SMILES string of the molecule is CC(C)n1cnc2c(N)nc(C#Cc3ccccc3)nc21. The third-order valence-corrected chi connectivity index (χ3v) is 3.10. The van der Waals surface area contributed by atoms with Crippen molar-refractivity contribution in [3.8, 4) is 11.8 Å². The van der Waals surface area contributed by atoms with E-state index in [2.05, 4.69) is 40.6 Å². The molecule has 0 saturated heterocycles. The van der Waals surface area contributed by atoms with Crippen LogP contribution in [0.3, 0.4) is 0 Å². The normalized spacial score (nSPS) is 10.6. The highest BCUT2D eigenvalue weighted by Crippen LogP contribution is 2.19. The van der Waals surface area contributed by atoms with E-state index in [9.17, 15) is 0 Å². The van der Waals surface area contributed by atoms with Gasteiger partial charge in [0.05, 0.1) is 6.33 Å². The summed E-state index contributed by atoms with van der Waals surface area (Å²) >= 11 is 0. The summed E-state index contributed by atoms with van der Waals surface area (Å²) in [6, 6.07) is 9.96. The third kappa shape index (κ3) is 2.56. The van der Waals surface area contributed by atoms with Gasteiger partial charge in [0.2, 0.25) is 5.82 Å². The van der Waals surface area contributed by atoms with E-state index in [0.717, 1.165) is 11.2 Å². The van der Waals surface area contributed by atoms with E-state index in [0.29, 0.717) is 17.2 Å². The van der Waals surface area contributed by atoms with Gasteiger partial charge in [-0.1, -0.05) is 24.1 Å². The first kappa shape index (κ1) is 13.1. The second kappa shape index (κ2) is 5.25. The Morgan fingerprint density at radius 1 is 1.10 bits per heavy atom. The molecule has 0 aliphatic rings. The van der Waals surface area contributed by atoms with E-state index in [1.807, 2.05) is 34.9 Å². The second-order valence-electron chi connectivity index (χ2n) is 4.97. The number of nitrogens with two attached hydrogens (primary N) is 1. The number of rotatable bonds is 1. The topological polar surface area (TPSA) is 69.6 Å². The Bertz CT molecular complexity index is 837. The van der Waals surface area contributed by atoms with E-state index in [1.165, 1.54) is 0 Å². The van der Waals surface area contributed by atoms with Crippen LogP contribution < -0.4 is 5.73 Å². The first-order chi connectivity index (χ1) is 10.1. The van der Waals surface area contributed by atoms with Crippen molar-refractivity contribution in [2.45, 2.75) is 19.9 Å². The summed E-state index contributed by atoms with van der Waals surface area (Å²) in [6.07, 6.45) is 1.73. The van der Waals surface area contributed by atoms with Crippen molar-refractivity contribution in [1.82, 2.24) is 19.5 Å². The monoisotopic (exact) mass is 277 g/mol. The molecule has 5 nitrogen and oxygen atoms in total. The lowest BCUT2D eigenvalue weighted by molar-refractivity contribution is 0.612. The molecule has 0 amide bonds. The molecule has 3 rings (SSSR count). The minimum Gasteiger partial charge on any atom is -0.382 e. The van der Waals surface area contributed by atoms with Gasteiger partial charge in [-0.3, -0.25) is 0 Å². The Kier molecular flexibility index (Phi) is 3.28. The molecule has 2 N–H and O–H groups in total. The highest BCUT2D eigenvalue weighted by molar-refractivity contribution is 5.82. The Morgan fingerprint density at radius 3 is 2.57 bits per heavy atom. The molecule has 0 aliphatic heterocycles. The van der Waals surface area contributed by atoms with E-state index in [1.54, 1.807) is 6.33 Å². The predicted octanol–water partition coefficient (Wildman–Crippen LogP) is 2.39. The summed E-state index contributed by atoms with van der Waals surface area (Å²) in [7, 11) is 0. The van der Waals surface area contributed by atoms with Crippen LogP contribution in [0.4, 0.5) is 5.82 Å². The van der Waals surface area contributed by atoms with Crippen molar-refractivity contribution >= 4 is 17.0 Å². The van der Waals surface area contributed by atoms with Crippen LogP contribution in [-0.2, 0) is 0 Å². The Labute approximate surface area is 122 Å². The molecule has 0 spiro atoms. The number of hydrogen-bond donors (Lipinski definition) is 1. The van der Waals surface area contributed by atoms with Crippen molar-refractivity contribution in [2.24, 2.45) is 0 Å². The van der Waals surface area contributed by atoms with Crippen LogP contribution in [0, 0.1) is 11.8 Å². The van der Waals surface area contributed by atoms with Gasteiger partial charge in [-0.05, 0) is 31.9 Å². The molecule has 2 aromatic heterocycles. The van der Waals surface area contributed by atoms with Crippen molar-refractivity contribution in [3.63, 3.8) is 0 Å². The molecule has 0 unspecified atom stereocenters. The maximum atomic E-state index is 5.94. The Balaban J connectivity index is 2.08. The van der Waals surface area contributed by atoms with Gasteiger partial charge in [0.15, 0.2) is 11.5 Å². The number of fused-ring (bicyclic) bond motifs is 1. The van der Waals surface area contributed by atoms with Crippen LogP contribution in [0.25, 0.3) is 11.2 Å². The molecular formula is C16H15N5. The number of nitrogens with zero attached hydrogens (tertiary/aromatic N) is 4. The zero-order chi connectivity index (χ0) is 14.8. The quantitative estimate of drug-likeness (QED) is 0.693. The fourth-order valence-corrected chi connectivity index (χ4v) is 2.02. The molecule has 21 heavy (non-hydrogen) atoms. The molecule has 1 aromatic carbocycles. The average Bonchev–Trinajstić information content (AvgIpc) is 2.91. The van der Waals surface area contributed by atoms with Crippen molar-refractivity contribution < 1.29 is 0 Å². The summed E-state index contributed by atoms with van der Waals surface area (Å²) < 4.78 is 1.96. The number of nitrogen functional groups attached to an aromatic ring is 1. The summed E-state index contributed by atoms with van der Waals surface area (Å²) in [6.45, 7) is 4.13. The highest BCUT2D eigenvalue weighted by Gasteiger charge is 2.11. The van der Waals surface area contributed by atoms with Gasteiger partial charge in [0.1, 0.15) is 5.52 Å². The van der Waals surface area contributed by atoms with E-state index in [4.69, 9.17) is 5.73 Å². The summed E-state index contributed by atoms with van der Waals surface area (Å²) in [4.78, 5) is 12.9. The number of hydrogen-bond acceptors (Lipinski definition) is 4. The van der Waals surface area contributed by atoms with Crippen molar-refractivity contribution in [1.29, 1.82) is 0 Å². The molecule has 0 atom stereocenters. The van der Waals surface area contributed by atoms with Gasteiger partial charge in [-0.25, -0.2) is 15.0 Å².